The minimum Gasteiger partial charge on any atom is -0.480 e. The molecule has 1 saturated heterocycles. The first-order valence-electron chi connectivity index (χ1n) is 9.15. The number of ether oxygens (including phenoxy) is 1. The average molecular weight is 414 g/mol. The molecule has 1 aliphatic heterocycles. The highest BCUT2D eigenvalue weighted by atomic mass is 16.5. The Balaban J connectivity index is 0.000000335. The molecule has 2 aromatic rings. The summed E-state index contributed by atoms with van der Waals surface area (Å²) in [6.07, 6.45) is -0.242. The van der Waals surface area contributed by atoms with Gasteiger partial charge in [0.25, 0.3) is 11.8 Å². The lowest BCUT2D eigenvalue weighted by Gasteiger charge is -2.14. The molecule has 0 spiro atoms. The second kappa shape index (κ2) is 11.3. The first-order valence-corrected chi connectivity index (χ1v) is 9.15. The maximum Gasteiger partial charge on any atom is 0.408 e. The highest BCUT2D eigenvalue weighted by Crippen LogP contribution is 2.07. The molecule has 9 nitrogen and oxygen atoms in total. The van der Waals surface area contributed by atoms with Gasteiger partial charge in [-0.1, -0.05) is 60.7 Å². The Labute approximate surface area is 172 Å². The van der Waals surface area contributed by atoms with Crippen LogP contribution in [0.1, 0.15) is 24.0 Å². The van der Waals surface area contributed by atoms with Crippen molar-refractivity contribution in [1.29, 1.82) is 0 Å². The summed E-state index contributed by atoms with van der Waals surface area (Å²) in [6, 6.07) is 17.3. The van der Waals surface area contributed by atoms with E-state index in [1.165, 1.54) is 0 Å². The van der Waals surface area contributed by atoms with E-state index in [1.807, 2.05) is 60.7 Å². The molecule has 1 fully saturated rings. The highest BCUT2D eigenvalue weighted by Gasteiger charge is 2.26. The minimum absolute atomic E-state index is 0.102. The third-order valence-corrected chi connectivity index (χ3v) is 4.11. The van der Waals surface area contributed by atoms with Crippen molar-refractivity contribution in [2.75, 3.05) is 0 Å². The van der Waals surface area contributed by atoms with Gasteiger partial charge in [0.15, 0.2) is 0 Å². The molecule has 158 valence electrons. The molecule has 0 radical (unpaired) electrons. The number of aliphatic carboxylic acids is 1. The number of benzene rings is 2. The van der Waals surface area contributed by atoms with Crippen molar-refractivity contribution < 1.29 is 34.2 Å². The van der Waals surface area contributed by atoms with Crippen LogP contribution in [0.5, 0.6) is 0 Å². The van der Waals surface area contributed by atoms with Gasteiger partial charge in [0.1, 0.15) is 12.6 Å². The normalized spacial score (nSPS) is 13.8. The second-order valence-electron chi connectivity index (χ2n) is 6.39. The Morgan fingerprint density at radius 3 is 1.87 bits per heavy atom. The van der Waals surface area contributed by atoms with E-state index in [9.17, 15) is 24.3 Å². The van der Waals surface area contributed by atoms with Crippen LogP contribution >= 0.6 is 0 Å². The van der Waals surface area contributed by atoms with Crippen LogP contribution in [0.4, 0.5) is 4.79 Å². The van der Waals surface area contributed by atoms with Crippen LogP contribution in [0.25, 0.3) is 0 Å². The van der Waals surface area contributed by atoms with Crippen LogP contribution < -0.4 is 5.32 Å². The summed E-state index contributed by atoms with van der Waals surface area (Å²) in [5.41, 5.74) is 1.67. The molecule has 1 atom stereocenters. The zero-order valence-corrected chi connectivity index (χ0v) is 16.1. The highest BCUT2D eigenvalue weighted by molar-refractivity contribution is 6.00. The van der Waals surface area contributed by atoms with Crippen LogP contribution in [0.3, 0.4) is 0 Å². The Morgan fingerprint density at radius 2 is 1.43 bits per heavy atom. The summed E-state index contributed by atoms with van der Waals surface area (Å²) in [6.45, 7) is 0.102. The molecule has 3 N–H and O–H groups in total. The number of rotatable bonds is 6. The van der Waals surface area contributed by atoms with Crippen molar-refractivity contribution in [3.05, 3.63) is 71.8 Å². The van der Waals surface area contributed by atoms with Crippen molar-refractivity contribution >= 4 is 23.9 Å². The molecule has 0 bridgehead atoms. The second-order valence-corrected chi connectivity index (χ2v) is 6.39. The molecule has 0 saturated carbocycles. The maximum atomic E-state index is 11.7. The molecule has 0 unspecified atom stereocenters. The number of carboxylic acid groups (broad SMARTS) is 1. The van der Waals surface area contributed by atoms with Gasteiger partial charge in [0, 0.05) is 19.3 Å². The SMILES string of the molecule is O=C(N[C@@H](Cc1ccccc1)C(=O)O)OCc1ccccc1.O=C1CCC(=O)N1O. The third kappa shape index (κ3) is 7.36. The van der Waals surface area contributed by atoms with E-state index in [4.69, 9.17) is 9.94 Å². The van der Waals surface area contributed by atoms with E-state index in [1.54, 1.807) is 0 Å². The van der Waals surface area contributed by atoms with E-state index in [2.05, 4.69) is 5.32 Å². The topological polar surface area (TPSA) is 133 Å². The lowest BCUT2D eigenvalue weighted by atomic mass is 10.1. The Bertz CT molecular complexity index is 855. The van der Waals surface area contributed by atoms with E-state index in [0.717, 1.165) is 11.1 Å². The van der Waals surface area contributed by atoms with E-state index >= 15 is 0 Å². The summed E-state index contributed by atoms with van der Waals surface area (Å²) in [4.78, 5) is 43.4. The fourth-order valence-electron chi connectivity index (χ4n) is 2.52. The number of hydrogen-bond acceptors (Lipinski definition) is 6. The van der Waals surface area contributed by atoms with E-state index in [-0.39, 0.29) is 30.9 Å². The Morgan fingerprint density at radius 1 is 0.933 bits per heavy atom. The molecule has 30 heavy (non-hydrogen) atoms. The molecule has 3 rings (SSSR count). The minimum atomic E-state index is -1.10. The lowest BCUT2D eigenvalue weighted by molar-refractivity contribution is -0.171. The smallest absolute Gasteiger partial charge is 0.408 e. The van der Waals surface area contributed by atoms with Crippen molar-refractivity contribution in [3.8, 4) is 0 Å². The van der Waals surface area contributed by atoms with Gasteiger partial charge in [-0.05, 0) is 11.1 Å². The zero-order chi connectivity index (χ0) is 21.9. The van der Waals surface area contributed by atoms with Crippen molar-refractivity contribution in [2.45, 2.75) is 31.9 Å². The van der Waals surface area contributed by atoms with Gasteiger partial charge in [-0.2, -0.15) is 5.06 Å². The summed E-state index contributed by atoms with van der Waals surface area (Å²) in [5.74, 6) is -2.11. The molecule has 9 heteroatoms. The number of carboxylic acids is 1. The fourth-order valence-corrected chi connectivity index (χ4v) is 2.52. The monoisotopic (exact) mass is 414 g/mol. The predicted octanol–water partition coefficient (Wildman–Crippen LogP) is 2.13. The quantitative estimate of drug-likeness (QED) is 0.487. The number of hydrogen-bond donors (Lipinski definition) is 3. The predicted molar refractivity (Wildman–Crippen MR) is 104 cm³/mol. The fraction of sp³-hybridized carbons (Fsp3) is 0.238. The van der Waals surface area contributed by atoms with Crippen LogP contribution in [0.15, 0.2) is 60.7 Å². The van der Waals surface area contributed by atoms with Crippen molar-refractivity contribution in [1.82, 2.24) is 10.4 Å². The number of imide groups is 1. The lowest BCUT2D eigenvalue weighted by Crippen LogP contribution is -2.42. The van der Waals surface area contributed by atoms with Gasteiger partial charge in [-0.15, -0.1) is 0 Å². The van der Waals surface area contributed by atoms with Crippen LogP contribution in [-0.2, 0) is 32.1 Å². The number of amides is 3. The molecule has 0 aromatic heterocycles. The molecule has 3 amide bonds. The molecule has 0 aliphatic carbocycles. The number of carbonyl (C=O) groups excluding carboxylic acids is 3. The number of carbonyl (C=O) groups is 4. The van der Waals surface area contributed by atoms with Gasteiger partial charge in [-0.25, -0.2) is 9.59 Å². The number of hydroxylamine groups is 2. The molecule has 1 aliphatic rings. The molecular weight excluding hydrogens is 392 g/mol. The molecule has 1 heterocycles. The first-order chi connectivity index (χ1) is 14.4. The van der Waals surface area contributed by atoms with Crippen LogP contribution in [0, 0.1) is 0 Å². The standard InChI is InChI=1S/C17H17NO4.C4H5NO3/c19-16(20)15(11-13-7-3-1-4-8-13)18-17(21)22-12-14-9-5-2-6-10-14;6-3-1-2-4(7)5(3)8/h1-10,15H,11-12H2,(H,18,21)(H,19,20);8H,1-2H2/t15-;/m0./s1. The van der Waals surface area contributed by atoms with Gasteiger partial charge in [0.05, 0.1) is 0 Å². The summed E-state index contributed by atoms with van der Waals surface area (Å²) >= 11 is 0. The van der Waals surface area contributed by atoms with E-state index in [0.29, 0.717) is 0 Å². The van der Waals surface area contributed by atoms with Crippen LogP contribution in [0.2, 0.25) is 0 Å². The van der Waals surface area contributed by atoms with Gasteiger partial charge >= 0.3 is 12.1 Å². The molecular formula is C21H22N2O7. The number of alkyl carbamates (subject to hydrolysis) is 1. The van der Waals surface area contributed by atoms with Crippen LogP contribution in [-0.4, -0.2) is 45.3 Å². The number of nitrogens with one attached hydrogen (secondary N) is 1. The zero-order valence-electron chi connectivity index (χ0n) is 16.1. The van der Waals surface area contributed by atoms with E-state index < -0.39 is 29.9 Å². The van der Waals surface area contributed by atoms with Crippen molar-refractivity contribution in [3.63, 3.8) is 0 Å². The van der Waals surface area contributed by atoms with Gasteiger partial charge in [0.2, 0.25) is 0 Å². The first kappa shape index (κ1) is 22.6. The maximum absolute atomic E-state index is 11.7. The summed E-state index contributed by atoms with van der Waals surface area (Å²) < 4.78 is 5.03. The Kier molecular flexibility index (Phi) is 8.52. The number of nitrogens with zero attached hydrogens (tertiary/aromatic N) is 1. The summed E-state index contributed by atoms with van der Waals surface area (Å²) in [7, 11) is 0. The van der Waals surface area contributed by atoms with Gasteiger partial charge < -0.3 is 15.2 Å². The van der Waals surface area contributed by atoms with Crippen molar-refractivity contribution in [2.24, 2.45) is 0 Å². The largest absolute Gasteiger partial charge is 0.480 e. The Hall–Kier alpha value is -3.72. The van der Waals surface area contributed by atoms with Gasteiger partial charge in [-0.3, -0.25) is 14.8 Å². The summed E-state index contributed by atoms with van der Waals surface area (Å²) in [5, 5.41) is 20.1. The average Bonchev–Trinajstić information content (AvgIpc) is 3.04. The molecule has 2 aromatic carbocycles. The third-order valence-electron chi connectivity index (χ3n) is 4.11.